The van der Waals surface area contributed by atoms with Gasteiger partial charge in [0.1, 0.15) is 12.0 Å². The quantitative estimate of drug-likeness (QED) is 0.325. The third-order valence-electron chi connectivity index (χ3n) is 7.33. The van der Waals surface area contributed by atoms with Gasteiger partial charge in [0.2, 0.25) is 5.91 Å². The zero-order valence-electron chi connectivity index (χ0n) is 21.7. The lowest BCUT2D eigenvalue weighted by atomic mass is 9.73. The van der Waals surface area contributed by atoms with E-state index in [4.69, 9.17) is 28.4 Å². The van der Waals surface area contributed by atoms with Crippen LogP contribution in [0.1, 0.15) is 25.3 Å². The van der Waals surface area contributed by atoms with Gasteiger partial charge in [0.25, 0.3) is 5.72 Å². The van der Waals surface area contributed by atoms with Gasteiger partial charge in [0.05, 0.1) is 53.6 Å². The molecule has 206 valence electrons. The summed E-state index contributed by atoms with van der Waals surface area (Å²) >= 11 is 0. The molecule has 0 radical (unpaired) electrons. The molecule has 1 unspecified atom stereocenters. The monoisotopic (exact) mass is 534 g/mol. The lowest BCUT2D eigenvalue weighted by Gasteiger charge is -2.44. The minimum absolute atomic E-state index is 0.117. The second-order valence-corrected chi connectivity index (χ2v) is 9.22. The fourth-order valence-electron chi connectivity index (χ4n) is 5.87. The average molecular weight is 535 g/mol. The molecule has 4 rings (SSSR count). The van der Waals surface area contributed by atoms with Crippen molar-refractivity contribution in [1.82, 2.24) is 10.0 Å². The van der Waals surface area contributed by atoms with Gasteiger partial charge in [-0.2, -0.15) is 5.01 Å². The summed E-state index contributed by atoms with van der Waals surface area (Å²) in [4.78, 5) is 66.9. The van der Waals surface area contributed by atoms with E-state index in [1.807, 2.05) is 30.3 Å². The number of hydrazine groups is 1. The fraction of sp³-hybridized carbons (Fsp3) is 0.560. The molecule has 1 amide bonds. The van der Waals surface area contributed by atoms with Crippen LogP contribution in [0.25, 0.3) is 0 Å². The van der Waals surface area contributed by atoms with Crippen molar-refractivity contribution in [2.45, 2.75) is 55.9 Å². The fourth-order valence-corrected chi connectivity index (χ4v) is 5.87. The molecule has 38 heavy (non-hydrogen) atoms. The number of methoxy groups -OCH3 is 4. The van der Waals surface area contributed by atoms with E-state index in [0.29, 0.717) is 0 Å². The lowest BCUT2D eigenvalue weighted by molar-refractivity contribution is -0.233. The summed E-state index contributed by atoms with van der Waals surface area (Å²) in [5.74, 6) is -6.74. The highest BCUT2D eigenvalue weighted by Crippen LogP contribution is 2.58. The van der Waals surface area contributed by atoms with E-state index in [1.165, 1.54) is 5.01 Å². The summed E-state index contributed by atoms with van der Waals surface area (Å²) < 4.78 is 32.4. The van der Waals surface area contributed by atoms with Crippen molar-refractivity contribution >= 4 is 29.8 Å². The van der Waals surface area contributed by atoms with E-state index < -0.39 is 71.6 Å². The van der Waals surface area contributed by atoms with Crippen LogP contribution in [-0.4, -0.2) is 97.8 Å². The maximum atomic E-state index is 13.7. The van der Waals surface area contributed by atoms with E-state index in [-0.39, 0.29) is 13.0 Å². The lowest BCUT2D eigenvalue weighted by Crippen LogP contribution is -2.67. The third kappa shape index (κ3) is 3.84. The maximum absolute atomic E-state index is 13.7. The van der Waals surface area contributed by atoms with E-state index in [9.17, 15) is 24.0 Å². The number of rotatable bonds is 8. The molecule has 3 aliphatic heterocycles. The average Bonchev–Trinajstić information content (AvgIpc) is 3.36. The number of ether oxygens (including phenoxy) is 6. The predicted octanol–water partition coefficient (Wildman–Crippen LogP) is -0.0446. The number of esters is 4. The van der Waals surface area contributed by atoms with E-state index in [0.717, 1.165) is 39.0 Å². The summed E-state index contributed by atoms with van der Waals surface area (Å²) in [6.45, 7) is 1.74. The van der Waals surface area contributed by atoms with Crippen LogP contribution < -0.4 is 0 Å². The van der Waals surface area contributed by atoms with Crippen LogP contribution in [0.5, 0.6) is 0 Å². The van der Waals surface area contributed by atoms with Crippen molar-refractivity contribution in [1.29, 1.82) is 0 Å². The summed E-state index contributed by atoms with van der Waals surface area (Å²) in [5, 5.41) is 2.11. The Morgan fingerprint density at radius 3 is 2.21 bits per heavy atom. The van der Waals surface area contributed by atoms with Crippen LogP contribution in [0.2, 0.25) is 0 Å². The van der Waals surface area contributed by atoms with Gasteiger partial charge in [0, 0.05) is 6.42 Å². The number of amides is 1. The Bertz CT molecular complexity index is 1130. The van der Waals surface area contributed by atoms with Gasteiger partial charge >= 0.3 is 23.9 Å². The molecule has 1 aromatic carbocycles. The van der Waals surface area contributed by atoms with Gasteiger partial charge in [-0.25, -0.2) is 14.6 Å². The summed E-state index contributed by atoms with van der Waals surface area (Å²) in [5.41, 5.74) is -3.94. The molecule has 0 saturated carbocycles. The number of hydrogen-bond acceptors (Lipinski definition) is 12. The molecule has 3 aliphatic rings. The van der Waals surface area contributed by atoms with Gasteiger partial charge < -0.3 is 28.4 Å². The molecule has 13 heteroatoms. The van der Waals surface area contributed by atoms with Crippen LogP contribution in [-0.2, 0) is 59.0 Å². The van der Waals surface area contributed by atoms with Crippen LogP contribution >= 0.6 is 0 Å². The molecule has 0 aliphatic carbocycles. The molecule has 3 fully saturated rings. The van der Waals surface area contributed by atoms with Crippen LogP contribution in [0, 0.1) is 5.92 Å². The molecule has 0 aromatic heterocycles. The minimum Gasteiger partial charge on any atom is -0.469 e. The zero-order valence-corrected chi connectivity index (χ0v) is 21.7. The van der Waals surface area contributed by atoms with Gasteiger partial charge in [-0.05, 0) is 12.5 Å². The second-order valence-electron chi connectivity index (χ2n) is 9.22. The largest absolute Gasteiger partial charge is 0.469 e. The van der Waals surface area contributed by atoms with Gasteiger partial charge in [0.15, 0.2) is 5.54 Å². The first-order valence-electron chi connectivity index (χ1n) is 11.9. The topological polar surface area (TPSA) is 147 Å². The zero-order chi connectivity index (χ0) is 27.8. The van der Waals surface area contributed by atoms with Crippen LogP contribution in [0.3, 0.4) is 0 Å². The number of carbonyl (C=O) groups excluding carboxylic acids is 5. The highest BCUT2D eigenvalue weighted by atomic mass is 16.6. The van der Waals surface area contributed by atoms with Crippen LogP contribution in [0.15, 0.2) is 30.3 Å². The smallest absolute Gasteiger partial charge is 0.362 e. The Labute approximate surface area is 218 Å². The molecular weight excluding hydrogens is 504 g/mol. The first-order valence-corrected chi connectivity index (χ1v) is 11.9. The van der Waals surface area contributed by atoms with Crippen molar-refractivity contribution in [2.24, 2.45) is 5.92 Å². The Balaban J connectivity index is 1.96. The van der Waals surface area contributed by atoms with Crippen molar-refractivity contribution in [3.63, 3.8) is 0 Å². The van der Waals surface area contributed by atoms with Crippen molar-refractivity contribution in [2.75, 3.05) is 28.4 Å². The molecule has 0 N–H and O–H groups in total. The number of carbonyl (C=O) groups is 5. The predicted molar refractivity (Wildman–Crippen MR) is 124 cm³/mol. The summed E-state index contributed by atoms with van der Waals surface area (Å²) in [6.07, 6.45) is -2.75. The van der Waals surface area contributed by atoms with Gasteiger partial charge in [-0.15, -0.1) is 0 Å². The first kappa shape index (κ1) is 27.5. The number of benzene rings is 1. The highest BCUT2D eigenvalue weighted by molar-refractivity contribution is 6.02. The first-order chi connectivity index (χ1) is 18.1. The van der Waals surface area contributed by atoms with E-state index >= 15 is 0 Å². The molecule has 13 nitrogen and oxygen atoms in total. The molecule has 4 bridgehead atoms. The van der Waals surface area contributed by atoms with E-state index in [2.05, 4.69) is 0 Å². The molecule has 0 spiro atoms. The SMILES string of the molecule is COC(=O)C[C@]1(C(=O)OC)[C@H](C(=O)OC)[C@]2(C(=O)OC)O[C@@H](C)[C@H](OCc3ccccc3)[C@H]3CC(=O)N2N31. The normalized spacial score (nSPS) is 33.3. The summed E-state index contributed by atoms with van der Waals surface area (Å²) in [7, 11) is 4.26. The molecule has 1 aromatic rings. The van der Waals surface area contributed by atoms with Crippen molar-refractivity contribution in [3.8, 4) is 0 Å². The molecule has 7 atom stereocenters. The third-order valence-corrected chi connectivity index (χ3v) is 7.33. The van der Waals surface area contributed by atoms with Gasteiger partial charge in [-0.3, -0.25) is 14.4 Å². The Kier molecular flexibility index (Phi) is 7.46. The number of nitrogens with zero attached hydrogens (tertiary/aromatic N) is 2. The molecule has 3 heterocycles. The summed E-state index contributed by atoms with van der Waals surface area (Å²) in [6, 6.07) is 8.28. The van der Waals surface area contributed by atoms with Crippen molar-refractivity contribution < 1.29 is 52.4 Å². The molecule has 3 saturated heterocycles. The Morgan fingerprint density at radius 2 is 1.63 bits per heavy atom. The highest BCUT2D eigenvalue weighted by Gasteiger charge is 2.83. The van der Waals surface area contributed by atoms with Gasteiger partial charge in [-0.1, -0.05) is 30.3 Å². The van der Waals surface area contributed by atoms with Crippen LogP contribution in [0.4, 0.5) is 0 Å². The Morgan fingerprint density at radius 1 is 0.974 bits per heavy atom. The molecular formula is C25H30N2O11. The van der Waals surface area contributed by atoms with E-state index in [1.54, 1.807) is 6.92 Å². The standard InChI is InChI=1S/C25H30N2O11/c1-14-19(37-13-15-9-7-6-8-10-15)16-11-17(28)27-25(38-14,23(32)36-5)20(21(30)34-3)24(26(16)27,22(31)35-4)12-18(29)33-2/h6-10,14,16,19-20H,11-13H2,1-5H3/t14-,16+,19-,20-,24+,25+/m0/s1. The van der Waals surface area contributed by atoms with Crippen molar-refractivity contribution in [3.05, 3.63) is 35.9 Å². The number of hydrogen-bond donors (Lipinski definition) is 0. The minimum atomic E-state index is -2.50. The Hall–Kier alpha value is -3.55. The second kappa shape index (κ2) is 10.3. The maximum Gasteiger partial charge on any atom is 0.362 e.